The Morgan fingerprint density at radius 2 is 2.03 bits per heavy atom. The van der Waals surface area contributed by atoms with Crippen LogP contribution in [0.1, 0.15) is 46.1 Å². The van der Waals surface area contributed by atoms with Crippen LogP contribution in [0.15, 0.2) is 28.6 Å². The Labute approximate surface area is 195 Å². The van der Waals surface area contributed by atoms with E-state index in [1.165, 1.54) is 11.3 Å². The lowest BCUT2D eigenvalue weighted by atomic mass is 9.93. The zero-order valence-corrected chi connectivity index (χ0v) is 19.6. The summed E-state index contributed by atoms with van der Waals surface area (Å²) in [7, 11) is 0. The number of nitrogens with zero attached hydrogens (tertiary/aromatic N) is 3. The normalized spacial score (nSPS) is 16.8. The molecule has 5 nitrogen and oxygen atoms in total. The highest BCUT2D eigenvalue weighted by Crippen LogP contribution is 2.34. The van der Waals surface area contributed by atoms with Gasteiger partial charge in [-0.2, -0.15) is 0 Å². The Morgan fingerprint density at radius 3 is 2.73 bits per heavy atom. The minimum atomic E-state index is -1.45. The van der Waals surface area contributed by atoms with Crippen molar-refractivity contribution in [1.29, 1.82) is 0 Å². The van der Waals surface area contributed by atoms with Crippen LogP contribution in [0.2, 0.25) is 0 Å². The summed E-state index contributed by atoms with van der Waals surface area (Å²) in [5.74, 6) is -3.83. The largest absolute Gasteiger partial charge is 0.310 e. The number of fused-ring (bicyclic) bond motifs is 3. The predicted molar refractivity (Wildman–Crippen MR) is 124 cm³/mol. The van der Waals surface area contributed by atoms with Crippen LogP contribution in [0.4, 0.5) is 13.2 Å². The summed E-state index contributed by atoms with van der Waals surface area (Å²) in [6.07, 6.45) is 3.78. The number of thiophene rings is 1. The van der Waals surface area contributed by atoms with Crippen LogP contribution < -0.4 is 10.9 Å². The van der Waals surface area contributed by atoms with Crippen LogP contribution in [0.5, 0.6) is 0 Å². The lowest BCUT2D eigenvalue weighted by molar-refractivity contribution is 0.437. The molecule has 1 aliphatic carbocycles. The highest BCUT2D eigenvalue weighted by Gasteiger charge is 2.26. The van der Waals surface area contributed by atoms with E-state index in [-0.39, 0.29) is 24.2 Å². The molecule has 1 N–H and O–H groups in total. The van der Waals surface area contributed by atoms with Crippen LogP contribution in [-0.2, 0) is 19.4 Å². The second-order valence-electron chi connectivity index (χ2n) is 8.30. The van der Waals surface area contributed by atoms with Gasteiger partial charge in [-0.25, -0.2) is 23.1 Å². The Balaban J connectivity index is 1.37. The van der Waals surface area contributed by atoms with Crippen molar-refractivity contribution in [2.75, 3.05) is 0 Å². The molecule has 0 fully saturated rings. The number of hydrogen-bond acceptors (Lipinski definition) is 6. The highest BCUT2D eigenvalue weighted by atomic mass is 32.1. The van der Waals surface area contributed by atoms with E-state index in [0.29, 0.717) is 23.8 Å². The van der Waals surface area contributed by atoms with Crippen molar-refractivity contribution in [1.82, 2.24) is 19.9 Å². The first-order valence-electron chi connectivity index (χ1n) is 10.6. The van der Waals surface area contributed by atoms with Gasteiger partial charge in [-0.1, -0.05) is 0 Å². The molecule has 0 aliphatic heterocycles. The quantitative estimate of drug-likeness (QED) is 0.405. The van der Waals surface area contributed by atoms with Crippen LogP contribution in [0.25, 0.3) is 10.2 Å². The number of aryl methyl sites for hydroxylation is 2. The molecule has 172 valence electrons. The predicted octanol–water partition coefficient (Wildman–Crippen LogP) is 4.90. The third kappa shape index (κ3) is 4.11. The second kappa shape index (κ2) is 8.66. The Bertz CT molecular complexity index is 1390. The molecular formula is C23H21F3N4OS2. The Kier molecular flexibility index (Phi) is 5.84. The molecule has 2 unspecified atom stereocenters. The minimum absolute atomic E-state index is 0.0562. The third-order valence-electron chi connectivity index (χ3n) is 6.11. The fraction of sp³-hybridized carbons (Fsp3) is 0.348. The van der Waals surface area contributed by atoms with Crippen molar-refractivity contribution < 1.29 is 13.2 Å². The van der Waals surface area contributed by atoms with E-state index in [9.17, 15) is 18.0 Å². The topological polar surface area (TPSA) is 59.8 Å². The maximum absolute atomic E-state index is 13.5. The maximum atomic E-state index is 13.5. The molecule has 0 saturated heterocycles. The summed E-state index contributed by atoms with van der Waals surface area (Å²) < 4.78 is 41.8. The van der Waals surface area contributed by atoms with Gasteiger partial charge in [0.1, 0.15) is 4.83 Å². The molecule has 1 aliphatic rings. The van der Waals surface area contributed by atoms with Crippen molar-refractivity contribution >= 4 is 32.9 Å². The molecular weight excluding hydrogens is 469 g/mol. The van der Waals surface area contributed by atoms with Crippen molar-refractivity contribution in [3.05, 3.63) is 78.4 Å². The molecule has 3 heterocycles. The van der Waals surface area contributed by atoms with Gasteiger partial charge in [0, 0.05) is 22.8 Å². The van der Waals surface area contributed by atoms with Gasteiger partial charge in [-0.15, -0.1) is 22.7 Å². The molecule has 4 aromatic rings. The molecule has 10 heteroatoms. The lowest BCUT2D eigenvalue weighted by Crippen LogP contribution is -2.34. The molecule has 0 bridgehead atoms. The fourth-order valence-corrected chi connectivity index (χ4v) is 6.27. The average molecular weight is 491 g/mol. The number of rotatable bonds is 5. The molecule has 3 aromatic heterocycles. The van der Waals surface area contributed by atoms with E-state index in [2.05, 4.69) is 15.3 Å². The molecule has 0 saturated carbocycles. The lowest BCUT2D eigenvalue weighted by Gasteiger charge is -2.23. The van der Waals surface area contributed by atoms with E-state index < -0.39 is 17.5 Å². The fourth-order valence-electron chi connectivity index (χ4n) is 4.32. The van der Waals surface area contributed by atoms with Crippen molar-refractivity contribution in [2.24, 2.45) is 0 Å². The summed E-state index contributed by atoms with van der Waals surface area (Å²) in [5.41, 5.74) is 2.19. The van der Waals surface area contributed by atoms with E-state index in [4.69, 9.17) is 0 Å². The van der Waals surface area contributed by atoms with Crippen LogP contribution in [0.3, 0.4) is 0 Å². The molecule has 0 radical (unpaired) electrons. The number of thiazole rings is 1. The molecule has 0 amide bonds. The maximum Gasteiger partial charge on any atom is 0.262 e. The number of benzene rings is 1. The molecule has 0 spiro atoms. The van der Waals surface area contributed by atoms with Crippen LogP contribution in [-0.4, -0.2) is 20.6 Å². The SMILES string of the molecule is Cc1nc(C(C)n2cnc3sc4c(c3c2=O)CCC(NCc2cc(F)c(F)c(F)c2)C4)cs1. The number of hydrogen-bond donors (Lipinski definition) is 1. The van der Waals surface area contributed by atoms with Gasteiger partial charge >= 0.3 is 0 Å². The summed E-state index contributed by atoms with van der Waals surface area (Å²) in [6, 6.07) is 1.90. The second-order valence-corrected chi connectivity index (χ2v) is 10.4. The smallest absolute Gasteiger partial charge is 0.262 e. The van der Waals surface area contributed by atoms with Crippen molar-refractivity contribution in [2.45, 2.75) is 51.7 Å². The molecule has 33 heavy (non-hydrogen) atoms. The number of halogens is 3. The van der Waals surface area contributed by atoms with E-state index in [1.54, 1.807) is 22.2 Å². The highest BCUT2D eigenvalue weighted by molar-refractivity contribution is 7.18. The van der Waals surface area contributed by atoms with Crippen LogP contribution >= 0.6 is 22.7 Å². The summed E-state index contributed by atoms with van der Waals surface area (Å²) >= 11 is 3.07. The van der Waals surface area contributed by atoms with E-state index in [0.717, 1.165) is 44.5 Å². The Hall–Kier alpha value is -2.56. The van der Waals surface area contributed by atoms with Crippen LogP contribution in [0, 0.1) is 24.4 Å². The molecule has 2 atom stereocenters. The summed E-state index contributed by atoms with van der Waals surface area (Å²) in [6.45, 7) is 4.12. The van der Waals surface area contributed by atoms with Gasteiger partial charge in [0.25, 0.3) is 5.56 Å². The van der Waals surface area contributed by atoms with E-state index in [1.807, 2.05) is 19.2 Å². The van der Waals surface area contributed by atoms with E-state index >= 15 is 0 Å². The third-order valence-corrected chi connectivity index (χ3v) is 8.07. The first-order chi connectivity index (χ1) is 15.8. The average Bonchev–Trinajstić information content (AvgIpc) is 3.39. The standard InChI is InChI=1S/C23H21F3N4OS2/c1-11(18-9-32-12(2)29-18)30-10-28-22-20(23(30)31)15-4-3-14(7-19(15)33-22)27-8-13-5-16(24)21(26)17(25)6-13/h5-6,9-11,14,27H,3-4,7-8H2,1-2H3. The van der Waals surface area contributed by atoms with Gasteiger partial charge in [-0.05, 0) is 56.4 Å². The number of nitrogens with one attached hydrogen (secondary N) is 1. The first kappa shape index (κ1) is 22.2. The number of aromatic nitrogens is 3. The molecule has 5 rings (SSSR count). The first-order valence-corrected chi connectivity index (χ1v) is 12.3. The summed E-state index contributed by atoms with van der Waals surface area (Å²) in [4.78, 5) is 24.3. The molecule has 1 aromatic carbocycles. The monoisotopic (exact) mass is 490 g/mol. The van der Waals surface area contributed by atoms with Crippen molar-refractivity contribution in [3.8, 4) is 0 Å². The van der Waals surface area contributed by atoms with Gasteiger partial charge in [0.2, 0.25) is 0 Å². The zero-order chi connectivity index (χ0) is 23.3. The summed E-state index contributed by atoms with van der Waals surface area (Å²) in [5, 5.41) is 6.91. The minimum Gasteiger partial charge on any atom is -0.310 e. The van der Waals surface area contributed by atoms with Gasteiger partial charge in [0.15, 0.2) is 17.5 Å². The van der Waals surface area contributed by atoms with Crippen molar-refractivity contribution in [3.63, 3.8) is 0 Å². The van der Waals surface area contributed by atoms with Gasteiger partial charge in [-0.3, -0.25) is 9.36 Å². The van der Waals surface area contributed by atoms with Gasteiger partial charge < -0.3 is 5.32 Å². The Morgan fingerprint density at radius 1 is 1.27 bits per heavy atom. The van der Waals surface area contributed by atoms with Gasteiger partial charge in [0.05, 0.1) is 28.5 Å². The zero-order valence-electron chi connectivity index (χ0n) is 18.0.